The van der Waals surface area contributed by atoms with Gasteiger partial charge in [-0.05, 0) is 120 Å². The van der Waals surface area contributed by atoms with Gasteiger partial charge in [0.1, 0.15) is 45.6 Å². The van der Waals surface area contributed by atoms with Gasteiger partial charge in [-0.25, -0.2) is 19.2 Å². The molecule has 0 N–H and O–H groups in total. The third kappa shape index (κ3) is 15.7. The number of esters is 4. The maximum Gasteiger partial charge on any atom is 0.347 e. The minimum absolute atomic E-state index is 0.156. The molecular weight excluding hydrogens is 1020 g/mol. The zero-order valence-corrected chi connectivity index (χ0v) is 46.8. The fraction of sp³-hybridized carbons (Fsp3) is 0.303. The summed E-state index contributed by atoms with van der Waals surface area (Å²) in [6.45, 7) is 9.67. The highest BCUT2D eigenvalue weighted by molar-refractivity contribution is 5.97. The Bertz CT molecular complexity index is 2940. The molecule has 0 saturated carbocycles. The number of ether oxygens (including phenoxy) is 10. The van der Waals surface area contributed by atoms with Crippen molar-refractivity contribution >= 4 is 23.9 Å². The van der Waals surface area contributed by atoms with Crippen LogP contribution in [0.15, 0.2) is 146 Å². The summed E-state index contributed by atoms with van der Waals surface area (Å²) >= 11 is 0. The molecule has 80 heavy (non-hydrogen) atoms. The molecule has 0 heterocycles. The SMILES string of the molecule is CCCCC(CC)COc1cc(OC)c(C(=O)Oc2ccc(C(=O)Oc3ccc(-c4ccc(-c5ccc(OC(=O)c6ccc(OC(=O)c7cc(OC)c(OCC(CC)CCCC)cc7OC)cc6)cc5)cc4)cc3)cc2)cc1OC. The van der Waals surface area contributed by atoms with Gasteiger partial charge in [-0.1, -0.05) is 115 Å². The van der Waals surface area contributed by atoms with Crippen LogP contribution >= 0.6 is 0 Å². The normalized spacial score (nSPS) is 11.6. The number of hydrogen-bond acceptors (Lipinski definition) is 14. The average molecular weight is 1090 g/mol. The van der Waals surface area contributed by atoms with Gasteiger partial charge in [-0.15, -0.1) is 0 Å². The number of benzene rings is 7. The van der Waals surface area contributed by atoms with Crippen molar-refractivity contribution in [3.05, 3.63) is 168 Å². The van der Waals surface area contributed by atoms with Crippen LogP contribution in [0.4, 0.5) is 0 Å². The van der Waals surface area contributed by atoms with Gasteiger partial charge in [0, 0.05) is 24.3 Å². The number of carbonyl (C=O) groups excluding carboxylic acids is 4. The van der Waals surface area contributed by atoms with Gasteiger partial charge in [0.05, 0.1) is 52.8 Å². The summed E-state index contributed by atoms with van der Waals surface area (Å²) in [5.74, 6) is 1.73. The number of methoxy groups -OCH3 is 4. The fourth-order valence-electron chi connectivity index (χ4n) is 8.76. The van der Waals surface area contributed by atoms with Crippen LogP contribution in [0.2, 0.25) is 0 Å². The monoisotopic (exact) mass is 1090 g/mol. The molecule has 2 atom stereocenters. The average Bonchev–Trinajstić information content (AvgIpc) is 3.49. The maximum absolute atomic E-state index is 13.3. The molecule has 7 aromatic rings. The molecule has 0 saturated heterocycles. The second-order valence-corrected chi connectivity index (χ2v) is 19.1. The number of hydrogen-bond donors (Lipinski definition) is 0. The topological polar surface area (TPSA) is 161 Å². The highest BCUT2D eigenvalue weighted by Gasteiger charge is 2.24. The van der Waals surface area contributed by atoms with E-state index in [2.05, 4.69) is 27.7 Å². The Kier molecular flexibility index (Phi) is 21.5. The minimum atomic E-state index is -0.669. The number of carbonyl (C=O) groups is 4. The zero-order chi connectivity index (χ0) is 57.0. The van der Waals surface area contributed by atoms with Crippen LogP contribution in [0, 0.1) is 11.8 Å². The highest BCUT2D eigenvalue weighted by atomic mass is 16.6. The lowest BCUT2D eigenvalue weighted by atomic mass is 10.0. The fourth-order valence-corrected chi connectivity index (χ4v) is 8.76. The van der Waals surface area contributed by atoms with E-state index in [-0.39, 0.29) is 45.3 Å². The van der Waals surface area contributed by atoms with Gasteiger partial charge in [-0.2, -0.15) is 0 Å². The van der Waals surface area contributed by atoms with E-state index in [1.807, 2.05) is 48.5 Å². The molecular formula is C66H70O14. The largest absolute Gasteiger partial charge is 0.496 e. The first-order valence-corrected chi connectivity index (χ1v) is 27.1. The Labute approximate surface area is 468 Å². The minimum Gasteiger partial charge on any atom is -0.496 e. The van der Waals surface area contributed by atoms with Crippen molar-refractivity contribution < 1.29 is 66.5 Å². The van der Waals surface area contributed by atoms with Gasteiger partial charge < -0.3 is 47.4 Å². The summed E-state index contributed by atoms with van der Waals surface area (Å²) in [7, 11) is 5.96. The van der Waals surface area contributed by atoms with Gasteiger partial charge in [-0.3, -0.25) is 0 Å². The Morgan fingerprint density at radius 2 is 0.637 bits per heavy atom. The van der Waals surface area contributed by atoms with Crippen LogP contribution in [0.3, 0.4) is 0 Å². The molecule has 0 fully saturated rings. The van der Waals surface area contributed by atoms with Crippen molar-refractivity contribution in [2.45, 2.75) is 79.1 Å². The second-order valence-electron chi connectivity index (χ2n) is 19.1. The lowest BCUT2D eigenvalue weighted by Gasteiger charge is -2.18. The lowest BCUT2D eigenvalue weighted by molar-refractivity contribution is 0.0717. The molecule has 7 rings (SSSR count). The van der Waals surface area contributed by atoms with Crippen LogP contribution < -0.4 is 47.4 Å². The van der Waals surface area contributed by atoms with E-state index >= 15 is 0 Å². The molecule has 0 aromatic heterocycles. The summed E-state index contributed by atoms with van der Waals surface area (Å²) in [5, 5.41) is 0. The number of rotatable bonds is 28. The quantitative estimate of drug-likeness (QED) is 0.0337. The molecule has 0 amide bonds. The van der Waals surface area contributed by atoms with E-state index in [9.17, 15) is 19.2 Å². The Hall–Kier alpha value is -8.78. The van der Waals surface area contributed by atoms with Gasteiger partial charge in [0.15, 0.2) is 23.0 Å². The van der Waals surface area contributed by atoms with Crippen molar-refractivity contribution in [1.29, 1.82) is 0 Å². The third-order valence-electron chi connectivity index (χ3n) is 13.7. The van der Waals surface area contributed by atoms with Crippen LogP contribution in [-0.2, 0) is 0 Å². The zero-order valence-electron chi connectivity index (χ0n) is 46.8. The van der Waals surface area contributed by atoms with Crippen LogP contribution in [0.5, 0.6) is 57.5 Å². The maximum atomic E-state index is 13.3. The Morgan fingerprint density at radius 1 is 0.350 bits per heavy atom. The van der Waals surface area contributed by atoms with Gasteiger partial charge >= 0.3 is 23.9 Å². The third-order valence-corrected chi connectivity index (χ3v) is 13.7. The van der Waals surface area contributed by atoms with E-state index in [1.165, 1.54) is 77.0 Å². The molecule has 0 radical (unpaired) electrons. The summed E-state index contributed by atoms with van der Waals surface area (Å²) in [4.78, 5) is 52.9. The summed E-state index contributed by atoms with van der Waals surface area (Å²) in [6, 6.07) is 40.8. The molecule has 14 nitrogen and oxygen atoms in total. The standard InChI is InChI=1S/C66H70O14/c1-9-13-15-43(11-3)41-75-61-39-57(71-5)55(37-59(61)73-7)65(69)79-53-33-25-49(26-34-53)63(67)77-51-29-21-47(22-30-51)45-17-19-46(20-18-45)48-23-31-52(32-24-48)78-64(68)50-27-35-54(36-28-50)80-66(70)56-38-60(74-8)62(40-58(56)72-6)76-42-44(12-4)16-14-10-2/h17-40,43-44H,9-16,41-42H2,1-8H3. The van der Waals surface area contributed by atoms with Crippen molar-refractivity contribution in [3.8, 4) is 79.7 Å². The van der Waals surface area contributed by atoms with E-state index in [1.54, 1.807) is 48.5 Å². The molecule has 418 valence electrons. The summed E-state index contributed by atoms with van der Waals surface area (Å²) in [5.41, 5.74) is 4.56. The Balaban J connectivity index is 0.882. The second kappa shape index (κ2) is 29.3. The molecule has 7 aromatic carbocycles. The summed E-state index contributed by atoms with van der Waals surface area (Å²) < 4.78 is 57.1. The van der Waals surface area contributed by atoms with E-state index in [0.29, 0.717) is 59.5 Å². The molecule has 0 bridgehead atoms. The number of unbranched alkanes of at least 4 members (excludes halogenated alkanes) is 2. The first-order valence-electron chi connectivity index (χ1n) is 27.1. The molecule has 2 unspecified atom stereocenters. The summed E-state index contributed by atoms with van der Waals surface area (Å²) in [6.07, 6.45) is 8.61. The molecule has 0 spiro atoms. The smallest absolute Gasteiger partial charge is 0.347 e. The molecule has 0 aliphatic carbocycles. The first-order chi connectivity index (χ1) is 38.9. The van der Waals surface area contributed by atoms with Crippen molar-refractivity contribution in [2.24, 2.45) is 11.8 Å². The Morgan fingerprint density at radius 3 is 0.925 bits per heavy atom. The van der Waals surface area contributed by atoms with Crippen LogP contribution in [0.25, 0.3) is 22.3 Å². The molecule has 14 heteroatoms. The predicted octanol–water partition coefficient (Wildman–Crippen LogP) is 15.1. The van der Waals surface area contributed by atoms with E-state index < -0.39 is 23.9 Å². The van der Waals surface area contributed by atoms with Crippen LogP contribution in [-0.4, -0.2) is 65.5 Å². The van der Waals surface area contributed by atoms with Crippen LogP contribution in [0.1, 0.15) is 120 Å². The van der Waals surface area contributed by atoms with Gasteiger partial charge in [0.25, 0.3) is 0 Å². The predicted molar refractivity (Wildman–Crippen MR) is 307 cm³/mol. The van der Waals surface area contributed by atoms with Gasteiger partial charge in [0.2, 0.25) is 0 Å². The van der Waals surface area contributed by atoms with Crippen molar-refractivity contribution in [3.63, 3.8) is 0 Å². The van der Waals surface area contributed by atoms with E-state index in [0.717, 1.165) is 73.6 Å². The first kappa shape index (κ1) is 58.9. The lowest BCUT2D eigenvalue weighted by Crippen LogP contribution is -2.14. The van der Waals surface area contributed by atoms with Crippen molar-refractivity contribution in [2.75, 3.05) is 41.7 Å². The molecule has 0 aliphatic rings. The highest BCUT2D eigenvalue weighted by Crippen LogP contribution is 2.38. The van der Waals surface area contributed by atoms with E-state index in [4.69, 9.17) is 47.4 Å². The van der Waals surface area contributed by atoms with Crippen molar-refractivity contribution in [1.82, 2.24) is 0 Å². The molecule has 0 aliphatic heterocycles.